The minimum atomic E-state index is -0.795. The second-order valence-corrected chi connectivity index (χ2v) is 4.91. The first-order valence-corrected chi connectivity index (χ1v) is 6.49. The van der Waals surface area contributed by atoms with Gasteiger partial charge in [-0.05, 0) is 24.6 Å². The number of piperazine rings is 1. The Morgan fingerprint density at radius 1 is 1.42 bits per heavy atom. The first kappa shape index (κ1) is 13.8. The lowest BCUT2D eigenvalue weighted by Crippen LogP contribution is -2.58. The van der Waals surface area contributed by atoms with Crippen molar-refractivity contribution < 1.29 is 9.53 Å². The standard InChI is InChI=1S/C14H21N3O2/c1-14(13(15)18,17-8-6-16-7-9-17)11-4-3-5-12(10-11)19-2/h3-5,10,16H,6-9H2,1-2H3,(H2,15,18). The van der Waals surface area contributed by atoms with Gasteiger partial charge in [-0.3, -0.25) is 9.69 Å². The molecular formula is C14H21N3O2. The minimum absolute atomic E-state index is 0.331. The lowest BCUT2D eigenvalue weighted by atomic mass is 9.88. The van der Waals surface area contributed by atoms with Crippen LogP contribution in [-0.2, 0) is 10.3 Å². The van der Waals surface area contributed by atoms with Crippen molar-refractivity contribution in [3.63, 3.8) is 0 Å². The zero-order valence-corrected chi connectivity index (χ0v) is 11.5. The highest BCUT2D eigenvalue weighted by molar-refractivity contribution is 5.85. The molecule has 1 unspecified atom stereocenters. The van der Waals surface area contributed by atoms with Gasteiger partial charge < -0.3 is 15.8 Å². The smallest absolute Gasteiger partial charge is 0.242 e. The molecule has 1 saturated heterocycles. The number of hydrogen-bond donors (Lipinski definition) is 2. The predicted molar refractivity (Wildman–Crippen MR) is 74.0 cm³/mol. The largest absolute Gasteiger partial charge is 0.497 e. The van der Waals surface area contributed by atoms with Crippen LogP contribution in [0.15, 0.2) is 24.3 Å². The van der Waals surface area contributed by atoms with Crippen molar-refractivity contribution in [1.82, 2.24) is 10.2 Å². The molecule has 1 amide bonds. The van der Waals surface area contributed by atoms with Crippen LogP contribution in [0.5, 0.6) is 5.75 Å². The van der Waals surface area contributed by atoms with Crippen LogP contribution in [0.25, 0.3) is 0 Å². The SMILES string of the molecule is COc1cccc(C(C)(C(N)=O)N2CCNCC2)c1. The summed E-state index contributed by atoms with van der Waals surface area (Å²) >= 11 is 0. The van der Waals surface area contributed by atoms with Crippen LogP contribution in [0.4, 0.5) is 0 Å². The van der Waals surface area contributed by atoms with Crippen LogP contribution in [0.1, 0.15) is 12.5 Å². The van der Waals surface area contributed by atoms with Gasteiger partial charge in [-0.2, -0.15) is 0 Å². The van der Waals surface area contributed by atoms with Crippen LogP contribution >= 0.6 is 0 Å². The first-order chi connectivity index (χ1) is 9.09. The maximum atomic E-state index is 12.0. The van der Waals surface area contributed by atoms with Crippen LogP contribution in [0.3, 0.4) is 0 Å². The van der Waals surface area contributed by atoms with Gasteiger partial charge in [-0.1, -0.05) is 12.1 Å². The van der Waals surface area contributed by atoms with Crippen molar-refractivity contribution in [1.29, 1.82) is 0 Å². The predicted octanol–water partition coefficient (Wildman–Crippen LogP) is 0.301. The summed E-state index contributed by atoms with van der Waals surface area (Å²) in [5.74, 6) is 0.405. The molecule has 0 bridgehead atoms. The van der Waals surface area contributed by atoms with E-state index in [1.165, 1.54) is 0 Å². The van der Waals surface area contributed by atoms with Crippen molar-refractivity contribution >= 4 is 5.91 Å². The third-order valence-corrected chi connectivity index (χ3v) is 3.86. The summed E-state index contributed by atoms with van der Waals surface area (Å²) in [6.45, 7) is 5.22. The fourth-order valence-electron chi connectivity index (χ4n) is 2.52. The molecule has 5 heteroatoms. The number of ether oxygens (including phenoxy) is 1. The van der Waals surface area contributed by atoms with Gasteiger partial charge >= 0.3 is 0 Å². The van der Waals surface area contributed by atoms with Crippen molar-refractivity contribution in [2.24, 2.45) is 5.73 Å². The number of amides is 1. The second-order valence-electron chi connectivity index (χ2n) is 4.91. The summed E-state index contributed by atoms with van der Waals surface area (Å²) in [5.41, 5.74) is 5.76. The Kier molecular flexibility index (Phi) is 4.07. The van der Waals surface area contributed by atoms with Crippen molar-refractivity contribution in [3.05, 3.63) is 29.8 Å². The van der Waals surface area contributed by atoms with E-state index in [1.54, 1.807) is 7.11 Å². The Morgan fingerprint density at radius 2 is 2.11 bits per heavy atom. The van der Waals surface area contributed by atoms with Gasteiger partial charge in [-0.15, -0.1) is 0 Å². The van der Waals surface area contributed by atoms with Crippen molar-refractivity contribution in [3.8, 4) is 5.75 Å². The van der Waals surface area contributed by atoms with Gasteiger partial charge in [0.25, 0.3) is 0 Å². The van der Waals surface area contributed by atoms with E-state index in [0.717, 1.165) is 37.5 Å². The Labute approximate surface area is 113 Å². The number of nitrogens with zero attached hydrogens (tertiary/aromatic N) is 1. The number of nitrogens with one attached hydrogen (secondary N) is 1. The maximum absolute atomic E-state index is 12.0. The van der Waals surface area contributed by atoms with Crippen molar-refractivity contribution in [2.75, 3.05) is 33.3 Å². The molecule has 0 saturated carbocycles. The van der Waals surface area contributed by atoms with Crippen LogP contribution in [0, 0.1) is 0 Å². The van der Waals surface area contributed by atoms with Crippen LogP contribution < -0.4 is 15.8 Å². The van der Waals surface area contributed by atoms with E-state index in [2.05, 4.69) is 10.2 Å². The molecular weight excluding hydrogens is 242 g/mol. The van der Waals surface area contributed by atoms with Gasteiger partial charge in [0.05, 0.1) is 7.11 Å². The number of rotatable bonds is 4. The van der Waals surface area contributed by atoms with Gasteiger partial charge in [0.2, 0.25) is 5.91 Å². The molecule has 3 N–H and O–H groups in total. The highest BCUT2D eigenvalue weighted by Gasteiger charge is 2.40. The monoisotopic (exact) mass is 263 g/mol. The fraction of sp³-hybridized carbons (Fsp3) is 0.500. The van der Waals surface area contributed by atoms with E-state index in [9.17, 15) is 4.79 Å². The molecule has 1 fully saturated rings. The maximum Gasteiger partial charge on any atom is 0.242 e. The van der Waals surface area contributed by atoms with E-state index >= 15 is 0 Å². The zero-order valence-electron chi connectivity index (χ0n) is 11.5. The fourth-order valence-corrected chi connectivity index (χ4v) is 2.52. The van der Waals surface area contributed by atoms with E-state index in [1.807, 2.05) is 31.2 Å². The van der Waals surface area contributed by atoms with E-state index in [4.69, 9.17) is 10.5 Å². The number of methoxy groups -OCH3 is 1. The number of nitrogens with two attached hydrogens (primary N) is 1. The van der Waals surface area contributed by atoms with Crippen molar-refractivity contribution in [2.45, 2.75) is 12.5 Å². The van der Waals surface area contributed by atoms with Crippen LogP contribution in [-0.4, -0.2) is 44.1 Å². The zero-order chi connectivity index (χ0) is 13.9. The summed E-state index contributed by atoms with van der Waals surface area (Å²) in [7, 11) is 1.62. The normalized spacial score (nSPS) is 19.7. The number of benzene rings is 1. The van der Waals surface area contributed by atoms with E-state index < -0.39 is 5.54 Å². The molecule has 2 rings (SSSR count). The molecule has 0 aliphatic carbocycles. The molecule has 1 aromatic rings. The lowest BCUT2D eigenvalue weighted by Gasteiger charge is -2.41. The molecule has 1 aromatic carbocycles. The molecule has 5 nitrogen and oxygen atoms in total. The summed E-state index contributed by atoms with van der Waals surface area (Å²) in [6.07, 6.45) is 0. The van der Waals surface area contributed by atoms with Gasteiger partial charge in [0.15, 0.2) is 0 Å². The average Bonchev–Trinajstić information content (AvgIpc) is 2.47. The molecule has 1 aliphatic rings. The van der Waals surface area contributed by atoms with Gasteiger partial charge in [-0.25, -0.2) is 0 Å². The molecule has 1 heterocycles. The number of hydrogen-bond acceptors (Lipinski definition) is 4. The summed E-state index contributed by atoms with van der Waals surface area (Å²) < 4.78 is 5.23. The Morgan fingerprint density at radius 3 is 2.68 bits per heavy atom. The first-order valence-electron chi connectivity index (χ1n) is 6.49. The number of primary amides is 1. The number of carbonyl (C=O) groups is 1. The molecule has 0 spiro atoms. The number of carbonyl (C=O) groups excluding carboxylic acids is 1. The molecule has 1 atom stereocenters. The molecule has 104 valence electrons. The van der Waals surface area contributed by atoms with Crippen LogP contribution in [0.2, 0.25) is 0 Å². The van der Waals surface area contributed by atoms with E-state index in [0.29, 0.717) is 0 Å². The summed E-state index contributed by atoms with van der Waals surface area (Å²) in [4.78, 5) is 14.2. The molecule has 0 aromatic heterocycles. The third kappa shape index (κ3) is 2.57. The third-order valence-electron chi connectivity index (χ3n) is 3.86. The highest BCUT2D eigenvalue weighted by atomic mass is 16.5. The Hall–Kier alpha value is -1.59. The topological polar surface area (TPSA) is 67.6 Å². The molecule has 1 aliphatic heterocycles. The molecule has 0 radical (unpaired) electrons. The Balaban J connectivity index is 2.39. The highest BCUT2D eigenvalue weighted by Crippen LogP contribution is 2.30. The van der Waals surface area contributed by atoms with Gasteiger partial charge in [0, 0.05) is 26.2 Å². The van der Waals surface area contributed by atoms with Gasteiger partial charge in [0.1, 0.15) is 11.3 Å². The Bertz CT molecular complexity index is 458. The average molecular weight is 263 g/mol. The second kappa shape index (κ2) is 5.59. The minimum Gasteiger partial charge on any atom is -0.497 e. The summed E-state index contributed by atoms with van der Waals surface area (Å²) in [6, 6.07) is 7.56. The quantitative estimate of drug-likeness (QED) is 0.820. The van der Waals surface area contributed by atoms with E-state index in [-0.39, 0.29) is 5.91 Å². The summed E-state index contributed by atoms with van der Waals surface area (Å²) in [5, 5.41) is 3.28. The lowest BCUT2D eigenvalue weighted by molar-refractivity contribution is -0.130. The molecule has 19 heavy (non-hydrogen) atoms.